The number of hydrogen-bond donors (Lipinski definition) is 10. The Hall–Kier alpha value is -7.88. The van der Waals surface area contributed by atoms with Crippen molar-refractivity contribution in [3.8, 4) is 0 Å². The molecule has 77 heavy (non-hydrogen) atoms. The zero-order valence-electron chi connectivity index (χ0n) is 45.1. The molecule has 1 heterocycles. The molecule has 1 saturated heterocycles. The van der Waals surface area contributed by atoms with E-state index in [9.17, 15) is 53.4 Å². The molecule has 22 nitrogen and oxygen atoms in total. The number of guanidine groups is 1. The highest BCUT2D eigenvalue weighted by Gasteiger charge is 2.35. The van der Waals surface area contributed by atoms with E-state index in [1.165, 1.54) is 20.0 Å². The monoisotopic (exact) mass is 1070 g/mol. The van der Waals surface area contributed by atoms with Crippen molar-refractivity contribution in [1.82, 2.24) is 36.8 Å². The lowest BCUT2D eigenvalue weighted by molar-refractivity contribution is -0.144. The number of amides is 7. The largest absolute Gasteiger partial charge is 0.480 e. The van der Waals surface area contributed by atoms with Gasteiger partial charge in [-0.25, -0.2) is 9.59 Å². The van der Waals surface area contributed by atoms with Crippen LogP contribution in [0.25, 0.3) is 0 Å². The lowest BCUT2D eigenvalue weighted by atomic mass is 9.94. The molecule has 0 aromatic heterocycles. The van der Waals surface area contributed by atoms with Crippen LogP contribution in [0.2, 0.25) is 0 Å². The lowest BCUT2D eigenvalue weighted by Gasteiger charge is -2.27. The van der Waals surface area contributed by atoms with Gasteiger partial charge >= 0.3 is 11.9 Å². The number of aliphatic carboxylic acids is 2. The Balaban J connectivity index is 2.14. The van der Waals surface area contributed by atoms with Crippen molar-refractivity contribution in [1.29, 1.82) is 0 Å². The van der Waals surface area contributed by atoms with E-state index in [4.69, 9.17) is 16.2 Å². The SMILES string of the molecule is C=C1C(=O)N[C@H](CC(C)C)C(=O)N[C@@H](CCc2ccccc2)C(=O)N[C@@H](C(=O)O)CC(=O)N[C@@H](CCCN=C(N)N)C(=O)N[C@@H](/C=C/C(C)=C/[C@H](C)[C@H](Cc2ccccc2)OC)[C@H](C)C(=O)N[C@@H](C(=O)O)CCC(=O)N1C. The Morgan fingerprint density at radius 2 is 1.36 bits per heavy atom. The van der Waals surface area contributed by atoms with Crippen LogP contribution in [0.4, 0.5) is 0 Å². The molecule has 22 heteroatoms. The van der Waals surface area contributed by atoms with Gasteiger partial charge in [-0.1, -0.05) is 119 Å². The predicted molar refractivity (Wildman–Crippen MR) is 289 cm³/mol. The fraction of sp³-hybridized carbons (Fsp3) is 0.491. The first kappa shape index (κ1) is 63.4. The Labute approximate surface area is 450 Å². The Morgan fingerprint density at radius 1 is 0.792 bits per heavy atom. The number of benzene rings is 2. The van der Waals surface area contributed by atoms with E-state index < -0.39 is 120 Å². The number of carbonyl (C=O) groups is 9. The van der Waals surface area contributed by atoms with Gasteiger partial charge < -0.3 is 63.2 Å². The molecule has 0 saturated carbocycles. The number of nitrogens with one attached hydrogen (secondary N) is 6. The molecule has 12 N–H and O–H groups in total. The first-order valence-corrected chi connectivity index (χ1v) is 25.7. The third kappa shape index (κ3) is 22.1. The first-order valence-electron chi connectivity index (χ1n) is 25.7. The van der Waals surface area contributed by atoms with Crippen molar-refractivity contribution < 1.29 is 58.1 Å². The summed E-state index contributed by atoms with van der Waals surface area (Å²) in [7, 11) is 2.85. The topological polar surface area (TPSA) is 343 Å². The van der Waals surface area contributed by atoms with Crippen LogP contribution in [0.3, 0.4) is 0 Å². The van der Waals surface area contributed by atoms with E-state index >= 15 is 0 Å². The van der Waals surface area contributed by atoms with E-state index in [1.807, 2.05) is 43.3 Å². The van der Waals surface area contributed by atoms with Crippen molar-refractivity contribution in [3.05, 3.63) is 108 Å². The van der Waals surface area contributed by atoms with E-state index in [1.54, 1.807) is 64.3 Å². The van der Waals surface area contributed by atoms with Crippen LogP contribution in [0.1, 0.15) is 90.7 Å². The summed E-state index contributed by atoms with van der Waals surface area (Å²) >= 11 is 0. The van der Waals surface area contributed by atoms with E-state index in [-0.39, 0.29) is 62.5 Å². The third-order valence-electron chi connectivity index (χ3n) is 13.0. The van der Waals surface area contributed by atoms with Crippen LogP contribution in [0.15, 0.2) is 102 Å². The van der Waals surface area contributed by atoms with Crippen molar-refractivity contribution in [2.75, 3.05) is 20.7 Å². The number of rotatable bonds is 18. The van der Waals surface area contributed by atoms with Gasteiger partial charge in [0, 0.05) is 33.0 Å². The molecule has 1 aliphatic rings. The molecule has 9 atom stereocenters. The van der Waals surface area contributed by atoms with Gasteiger partial charge in [0.05, 0.1) is 24.5 Å². The van der Waals surface area contributed by atoms with Gasteiger partial charge in [0.15, 0.2) is 5.96 Å². The number of nitrogens with two attached hydrogens (primary N) is 2. The maximum atomic E-state index is 14.4. The highest BCUT2D eigenvalue weighted by Crippen LogP contribution is 2.19. The number of ether oxygens (including phenoxy) is 1. The summed E-state index contributed by atoms with van der Waals surface area (Å²) in [5.41, 5.74) is 13.2. The molecule has 0 spiro atoms. The second kappa shape index (κ2) is 31.9. The number of carboxylic acids is 2. The second-order valence-electron chi connectivity index (χ2n) is 19.7. The summed E-state index contributed by atoms with van der Waals surface area (Å²) in [4.78, 5) is 128. The number of hydrogen-bond acceptors (Lipinski definition) is 11. The van der Waals surface area contributed by atoms with Gasteiger partial charge in [-0.05, 0) is 68.9 Å². The summed E-state index contributed by atoms with van der Waals surface area (Å²) < 4.78 is 5.83. The molecule has 0 radical (unpaired) electrons. The minimum absolute atomic E-state index is 0.0215. The van der Waals surface area contributed by atoms with Crippen molar-refractivity contribution >= 4 is 59.2 Å². The fourth-order valence-electron chi connectivity index (χ4n) is 8.35. The summed E-state index contributed by atoms with van der Waals surface area (Å²) in [5.74, 6) is -11.0. The van der Waals surface area contributed by atoms with Crippen LogP contribution in [0.5, 0.6) is 0 Å². The van der Waals surface area contributed by atoms with E-state index in [2.05, 4.69) is 43.5 Å². The molecule has 1 aliphatic heterocycles. The van der Waals surface area contributed by atoms with E-state index in [0.717, 1.165) is 16.0 Å². The summed E-state index contributed by atoms with van der Waals surface area (Å²) in [5, 5.41) is 36.0. The van der Waals surface area contributed by atoms with Gasteiger partial charge in [-0.2, -0.15) is 0 Å². The molecule has 0 aliphatic carbocycles. The summed E-state index contributed by atoms with van der Waals surface area (Å²) in [6.07, 6.45) is 3.96. The van der Waals surface area contributed by atoms with Crippen molar-refractivity contribution in [2.45, 2.75) is 135 Å². The summed E-state index contributed by atoms with van der Waals surface area (Å²) in [6.45, 7) is 12.5. The molecule has 3 rings (SSSR count). The quantitative estimate of drug-likeness (QED) is 0.0336. The minimum Gasteiger partial charge on any atom is -0.480 e. The molecule has 2 aromatic rings. The zero-order valence-corrected chi connectivity index (χ0v) is 45.1. The normalized spacial score (nSPS) is 23.2. The minimum atomic E-state index is -1.88. The van der Waals surface area contributed by atoms with E-state index in [0.29, 0.717) is 12.0 Å². The Morgan fingerprint density at radius 3 is 1.95 bits per heavy atom. The molecule has 0 unspecified atom stereocenters. The van der Waals surface area contributed by atoms with Crippen LogP contribution in [0, 0.1) is 17.8 Å². The molecule has 0 bridgehead atoms. The maximum Gasteiger partial charge on any atom is 0.326 e. The standard InChI is InChI=1S/C55H78N10O12/c1-32(2)28-43-52(72)61-41(24-22-37-16-11-9-12-17-37)51(71)64-44(54(75)76)31-46(66)59-40(20-15-27-58-55(56)57)50(70)60-39(23-21-33(3)29-34(4)45(77-8)30-38-18-13-10-14-19-38)35(5)48(68)62-42(53(73)74)25-26-47(67)65(7)36(6)49(69)63-43/h9-14,16-19,21,23,29,32,34-35,39-45H,6,15,20,22,24-28,30-31H2,1-5,7-8H3,(H,59,66)(H,60,70)(H,61,72)(H,62,68)(H,63,69)(H,64,71)(H,73,74)(H,75,76)(H4,56,57,58)/b23-21+,33-29+/t34-,35-,39-,40-,41-,42+,43+,44+,45-/m0/s1. The smallest absolute Gasteiger partial charge is 0.326 e. The van der Waals surface area contributed by atoms with Crippen LogP contribution in [-0.4, -0.2) is 137 Å². The molecule has 420 valence electrons. The molecular formula is C55H78N10O12. The average molecular weight is 1070 g/mol. The van der Waals surface area contributed by atoms with Gasteiger partial charge in [0.2, 0.25) is 35.4 Å². The maximum absolute atomic E-state index is 14.4. The van der Waals surface area contributed by atoms with Gasteiger partial charge in [-0.3, -0.25) is 38.6 Å². The Kier molecular flexibility index (Phi) is 26.3. The van der Waals surface area contributed by atoms with Crippen molar-refractivity contribution in [2.24, 2.45) is 34.2 Å². The highest BCUT2D eigenvalue weighted by atomic mass is 16.5. The predicted octanol–water partition coefficient (Wildman–Crippen LogP) is 1.99. The van der Waals surface area contributed by atoms with Gasteiger partial charge in [-0.15, -0.1) is 0 Å². The number of methoxy groups -OCH3 is 1. The molecule has 2 aromatic carbocycles. The Bertz CT molecular complexity index is 2460. The first-order chi connectivity index (χ1) is 36.4. The lowest BCUT2D eigenvalue weighted by Crippen LogP contribution is -2.57. The number of aryl methyl sites for hydroxylation is 1. The number of allylic oxidation sites excluding steroid dienone is 2. The van der Waals surface area contributed by atoms with Crippen LogP contribution in [-0.2, 0) is 60.7 Å². The molecule has 7 amide bonds. The average Bonchev–Trinajstić information content (AvgIpc) is 3.38. The van der Waals surface area contributed by atoms with Crippen LogP contribution >= 0.6 is 0 Å². The summed E-state index contributed by atoms with van der Waals surface area (Å²) in [6, 6.07) is 9.88. The van der Waals surface area contributed by atoms with Crippen molar-refractivity contribution in [3.63, 3.8) is 0 Å². The number of likely N-dealkylation sites (N-methyl/N-ethyl adjacent to an activating group) is 1. The molecule has 1 fully saturated rings. The van der Waals surface area contributed by atoms with Gasteiger partial charge in [0.25, 0.3) is 5.91 Å². The van der Waals surface area contributed by atoms with Crippen LogP contribution < -0.4 is 43.4 Å². The number of carbonyl (C=O) groups excluding carboxylic acids is 7. The second-order valence-corrected chi connectivity index (χ2v) is 19.7. The zero-order chi connectivity index (χ0) is 57.4. The third-order valence-corrected chi connectivity index (χ3v) is 13.0. The van der Waals surface area contributed by atoms with Gasteiger partial charge in [0.1, 0.15) is 35.9 Å². The fourth-order valence-corrected chi connectivity index (χ4v) is 8.35. The highest BCUT2D eigenvalue weighted by molar-refractivity contribution is 6.00. The molecular weight excluding hydrogens is 993 g/mol. The number of aliphatic imine (C=N–C) groups is 1. The number of nitrogens with zero attached hydrogens (tertiary/aromatic N) is 2. The number of carboxylic acid groups (broad SMARTS) is 2.